The summed E-state index contributed by atoms with van der Waals surface area (Å²) in [7, 11) is 0. The van der Waals surface area contributed by atoms with E-state index in [0.29, 0.717) is 17.9 Å². The van der Waals surface area contributed by atoms with Crippen LogP contribution in [-0.4, -0.2) is 28.6 Å². The summed E-state index contributed by atoms with van der Waals surface area (Å²) in [6.07, 6.45) is 4.04. The number of nitrogens with zero attached hydrogens (tertiary/aromatic N) is 1. The third-order valence-electron chi connectivity index (χ3n) is 5.64. The molecule has 2 aromatic rings. The average Bonchev–Trinajstić information content (AvgIpc) is 3.17. The first-order valence-electron chi connectivity index (χ1n) is 9.81. The number of hydrogen-bond donors (Lipinski definition) is 2. The van der Waals surface area contributed by atoms with Crippen molar-refractivity contribution >= 4 is 5.91 Å². The van der Waals surface area contributed by atoms with Gasteiger partial charge in [-0.05, 0) is 75.9 Å². The number of carbonyl (C=O) groups excluding carboxylic acids is 1. The quantitative estimate of drug-likeness (QED) is 0.844. The van der Waals surface area contributed by atoms with E-state index in [0.717, 1.165) is 30.5 Å². The molecule has 0 radical (unpaired) electrons. The minimum absolute atomic E-state index is 0.0299. The standard InChI is InChI=1S/C22H26FN3O2/c1-4-28-15-5-6-17(23)16(12-15)14-8-10-24-19(11-14)18-7-9-22(25-18)13-21(2,3)26-20(22)27/h5-6,8,10-12,18,25H,4,7,9,13H2,1-3H3,(H,26,27)/t18-,22-/m0/s1. The van der Waals surface area contributed by atoms with E-state index >= 15 is 0 Å². The van der Waals surface area contributed by atoms with Crippen LogP contribution in [0.3, 0.4) is 0 Å². The maximum Gasteiger partial charge on any atom is 0.240 e. The predicted molar refractivity (Wildman–Crippen MR) is 105 cm³/mol. The Balaban J connectivity index is 1.61. The number of hydrogen-bond acceptors (Lipinski definition) is 4. The average molecular weight is 383 g/mol. The molecule has 1 spiro atoms. The minimum Gasteiger partial charge on any atom is -0.494 e. The highest BCUT2D eigenvalue weighted by Crippen LogP contribution is 2.41. The van der Waals surface area contributed by atoms with Gasteiger partial charge in [-0.25, -0.2) is 4.39 Å². The summed E-state index contributed by atoms with van der Waals surface area (Å²) in [5.74, 6) is 0.403. The van der Waals surface area contributed by atoms with Crippen molar-refractivity contribution in [3.05, 3.63) is 48.0 Å². The largest absolute Gasteiger partial charge is 0.494 e. The summed E-state index contributed by atoms with van der Waals surface area (Å²) >= 11 is 0. The Labute approximate surface area is 164 Å². The van der Waals surface area contributed by atoms with E-state index in [-0.39, 0.29) is 23.3 Å². The molecule has 3 heterocycles. The van der Waals surface area contributed by atoms with Crippen LogP contribution < -0.4 is 15.4 Å². The van der Waals surface area contributed by atoms with E-state index in [1.165, 1.54) is 6.07 Å². The number of rotatable bonds is 4. The van der Waals surface area contributed by atoms with E-state index < -0.39 is 5.54 Å². The second-order valence-electron chi connectivity index (χ2n) is 8.38. The summed E-state index contributed by atoms with van der Waals surface area (Å²) in [4.78, 5) is 17.1. The summed E-state index contributed by atoms with van der Waals surface area (Å²) in [5, 5.41) is 6.60. The lowest BCUT2D eigenvalue weighted by molar-refractivity contribution is -0.124. The van der Waals surface area contributed by atoms with Gasteiger partial charge in [0, 0.05) is 17.3 Å². The Morgan fingerprint density at radius 3 is 2.82 bits per heavy atom. The molecule has 4 rings (SSSR count). The van der Waals surface area contributed by atoms with Crippen LogP contribution in [0.5, 0.6) is 5.75 Å². The first kappa shape index (κ1) is 18.9. The van der Waals surface area contributed by atoms with Crippen LogP contribution >= 0.6 is 0 Å². The fraction of sp³-hybridized carbons (Fsp3) is 0.455. The highest BCUT2D eigenvalue weighted by molar-refractivity contribution is 5.90. The Morgan fingerprint density at radius 2 is 2.11 bits per heavy atom. The molecule has 6 heteroatoms. The number of benzene rings is 1. The van der Waals surface area contributed by atoms with E-state index in [1.54, 1.807) is 24.4 Å². The lowest BCUT2D eigenvalue weighted by atomic mass is 9.88. The zero-order chi connectivity index (χ0) is 19.9. The molecule has 148 valence electrons. The fourth-order valence-corrected chi connectivity index (χ4v) is 4.50. The van der Waals surface area contributed by atoms with Crippen LogP contribution in [0.1, 0.15) is 51.8 Å². The predicted octanol–water partition coefficient (Wildman–Crippen LogP) is 3.75. The highest BCUT2D eigenvalue weighted by Gasteiger charge is 2.54. The van der Waals surface area contributed by atoms with E-state index in [1.807, 2.05) is 26.8 Å². The summed E-state index contributed by atoms with van der Waals surface area (Å²) in [6, 6.07) is 8.45. The van der Waals surface area contributed by atoms with E-state index in [4.69, 9.17) is 4.74 Å². The monoisotopic (exact) mass is 383 g/mol. The third kappa shape index (κ3) is 3.37. The summed E-state index contributed by atoms with van der Waals surface area (Å²) in [6.45, 7) is 6.51. The molecule has 0 saturated carbocycles. The van der Waals surface area contributed by atoms with Crippen molar-refractivity contribution in [3.63, 3.8) is 0 Å². The number of pyridine rings is 1. The second kappa shape index (κ2) is 6.85. The molecule has 2 fully saturated rings. The minimum atomic E-state index is -0.536. The Kier molecular flexibility index (Phi) is 4.62. The molecule has 2 aliphatic rings. The van der Waals surface area contributed by atoms with Gasteiger partial charge >= 0.3 is 0 Å². The smallest absolute Gasteiger partial charge is 0.240 e. The topological polar surface area (TPSA) is 63.2 Å². The van der Waals surface area contributed by atoms with Crippen molar-refractivity contribution < 1.29 is 13.9 Å². The van der Waals surface area contributed by atoms with Gasteiger partial charge < -0.3 is 10.1 Å². The number of ether oxygens (including phenoxy) is 1. The number of amides is 1. The lowest BCUT2D eigenvalue weighted by Crippen LogP contribution is -2.47. The van der Waals surface area contributed by atoms with Crippen LogP contribution in [0.4, 0.5) is 4.39 Å². The zero-order valence-electron chi connectivity index (χ0n) is 16.5. The molecule has 0 unspecified atom stereocenters. The molecule has 1 aromatic heterocycles. The van der Waals surface area contributed by atoms with Crippen molar-refractivity contribution in [2.45, 2.75) is 57.2 Å². The molecule has 2 aliphatic heterocycles. The van der Waals surface area contributed by atoms with Crippen molar-refractivity contribution in [1.82, 2.24) is 15.6 Å². The molecule has 5 nitrogen and oxygen atoms in total. The Bertz CT molecular complexity index is 914. The van der Waals surface area contributed by atoms with Crippen molar-refractivity contribution in [2.75, 3.05) is 6.61 Å². The van der Waals surface area contributed by atoms with Crippen molar-refractivity contribution in [2.24, 2.45) is 0 Å². The molecule has 28 heavy (non-hydrogen) atoms. The van der Waals surface area contributed by atoms with Gasteiger partial charge in [0.1, 0.15) is 17.1 Å². The SMILES string of the molecule is CCOc1ccc(F)c(-c2ccnc([C@@H]3CC[C@@]4(CC(C)(C)NC4=O)N3)c2)c1. The van der Waals surface area contributed by atoms with E-state index in [2.05, 4.69) is 15.6 Å². The van der Waals surface area contributed by atoms with Gasteiger partial charge in [-0.3, -0.25) is 15.1 Å². The van der Waals surface area contributed by atoms with Crippen LogP contribution in [0.2, 0.25) is 0 Å². The van der Waals surface area contributed by atoms with Gasteiger partial charge in [0.05, 0.1) is 18.3 Å². The van der Waals surface area contributed by atoms with Gasteiger partial charge in [-0.15, -0.1) is 0 Å². The zero-order valence-corrected chi connectivity index (χ0v) is 16.5. The van der Waals surface area contributed by atoms with Crippen molar-refractivity contribution in [3.8, 4) is 16.9 Å². The molecule has 2 atom stereocenters. The van der Waals surface area contributed by atoms with Gasteiger partial charge in [-0.1, -0.05) is 0 Å². The number of aromatic nitrogens is 1. The summed E-state index contributed by atoms with van der Waals surface area (Å²) < 4.78 is 19.9. The van der Waals surface area contributed by atoms with Crippen LogP contribution in [-0.2, 0) is 4.79 Å². The maximum atomic E-state index is 14.4. The second-order valence-corrected chi connectivity index (χ2v) is 8.38. The molecular formula is C22H26FN3O2. The van der Waals surface area contributed by atoms with Crippen LogP contribution in [0, 0.1) is 5.82 Å². The number of carbonyl (C=O) groups is 1. The summed E-state index contributed by atoms with van der Waals surface area (Å²) in [5.41, 5.74) is 1.32. The number of nitrogens with one attached hydrogen (secondary N) is 2. The van der Waals surface area contributed by atoms with Gasteiger partial charge in [0.15, 0.2) is 0 Å². The molecule has 2 saturated heterocycles. The molecular weight excluding hydrogens is 357 g/mol. The normalized spacial score (nSPS) is 25.9. The van der Waals surface area contributed by atoms with Gasteiger partial charge in [0.25, 0.3) is 0 Å². The maximum absolute atomic E-state index is 14.4. The van der Waals surface area contributed by atoms with Crippen LogP contribution in [0.25, 0.3) is 11.1 Å². The van der Waals surface area contributed by atoms with Crippen LogP contribution in [0.15, 0.2) is 36.5 Å². The Hall–Kier alpha value is -2.47. The molecule has 2 N–H and O–H groups in total. The Morgan fingerprint density at radius 1 is 1.29 bits per heavy atom. The van der Waals surface area contributed by atoms with Gasteiger partial charge in [-0.2, -0.15) is 0 Å². The lowest BCUT2D eigenvalue weighted by Gasteiger charge is -2.24. The molecule has 0 bridgehead atoms. The first-order chi connectivity index (χ1) is 13.3. The molecule has 1 aromatic carbocycles. The molecule has 0 aliphatic carbocycles. The van der Waals surface area contributed by atoms with E-state index in [9.17, 15) is 9.18 Å². The fourth-order valence-electron chi connectivity index (χ4n) is 4.50. The van der Waals surface area contributed by atoms with Gasteiger partial charge in [0.2, 0.25) is 5.91 Å². The van der Waals surface area contributed by atoms with Crippen molar-refractivity contribution in [1.29, 1.82) is 0 Å². The third-order valence-corrected chi connectivity index (χ3v) is 5.64. The number of halogens is 1. The molecule has 1 amide bonds. The highest BCUT2D eigenvalue weighted by atomic mass is 19.1. The first-order valence-corrected chi connectivity index (χ1v) is 9.81.